The average Bonchev–Trinajstić information content (AvgIpc) is 3.12. The maximum absolute atomic E-state index is 13.0. The molecular weight excluding hydrogens is 596 g/mol. The zero-order valence-electron chi connectivity index (χ0n) is 19.9. The third-order valence-corrected chi connectivity index (χ3v) is 7.52. The minimum absolute atomic E-state index is 0.223. The Hall–Kier alpha value is -2.85. The lowest BCUT2D eigenvalue weighted by Gasteiger charge is -2.16. The number of benzene rings is 3. The first-order chi connectivity index (χ1) is 17.8. The molecule has 10 heteroatoms. The molecule has 1 aliphatic heterocycles. The maximum Gasteiger partial charge on any atom is 0.285 e. The molecule has 0 aliphatic carbocycles. The summed E-state index contributed by atoms with van der Waals surface area (Å²) in [6, 6.07) is 18.0. The molecule has 0 unspecified atom stereocenters. The number of aryl methyl sites for hydroxylation is 1. The fourth-order valence-electron chi connectivity index (χ4n) is 3.48. The van der Waals surface area contributed by atoms with Crippen molar-refractivity contribution in [2.75, 3.05) is 6.61 Å². The summed E-state index contributed by atoms with van der Waals surface area (Å²) in [7, 11) is 0. The van der Waals surface area contributed by atoms with E-state index in [1.54, 1.807) is 36.4 Å². The highest BCUT2D eigenvalue weighted by Crippen LogP contribution is 2.39. The second kappa shape index (κ2) is 12.1. The maximum atomic E-state index is 13.0. The van der Waals surface area contributed by atoms with Crippen molar-refractivity contribution < 1.29 is 19.1 Å². The number of nitrogens with zero attached hydrogens (tertiary/aromatic N) is 1. The molecule has 4 rings (SSSR count). The van der Waals surface area contributed by atoms with Gasteiger partial charge in [-0.3, -0.25) is 15.0 Å². The van der Waals surface area contributed by atoms with E-state index in [2.05, 4.69) is 21.4 Å². The number of carbonyl (C=O) groups is 2. The van der Waals surface area contributed by atoms with Crippen LogP contribution < -0.4 is 14.9 Å². The molecule has 3 aromatic rings. The summed E-state index contributed by atoms with van der Waals surface area (Å²) in [4.78, 5) is 26.0. The van der Waals surface area contributed by atoms with Gasteiger partial charge in [-0.1, -0.05) is 47.6 Å². The predicted molar refractivity (Wildman–Crippen MR) is 155 cm³/mol. The summed E-state index contributed by atoms with van der Waals surface area (Å²) in [5, 5.41) is 1.58. The molecule has 0 atom stereocenters. The van der Waals surface area contributed by atoms with Gasteiger partial charge in [-0.15, -0.1) is 0 Å². The molecule has 2 amide bonds. The van der Waals surface area contributed by atoms with Gasteiger partial charge in [0.25, 0.3) is 11.8 Å². The van der Waals surface area contributed by atoms with E-state index in [9.17, 15) is 9.59 Å². The fourth-order valence-corrected chi connectivity index (χ4v) is 5.36. The van der Waals surface area contributed by atoms with Gasteiger partial charge in [0.15, 0.2) is 15.8 Å². The summed E-state index contributed by atoms with van der Waals surface area (Å²) >= 11 is 15.9. The highest BCUT2D eigenvalue weighted by Gasteiger charge is 2.34. The summed E-state index contributed by atoms with van der Waals surface area (Å²) in [5.41, 5.74) is 5.84. The smallest absolute Gasteiger partial charge is 0.285 e. The van der Waals surface area contributed by atoms with Gasteiger partial charge in [-0.2, -0.15) is 5.01 Å². The van der Waals surface area contributed by atoms with Crippen LogP contribution >= 0.6 is 51.5 Å². The Bertz CT molecular complexity index is 1400. The lowest BCUT2D eigenvalue weighted by Crippen LogP contribution is -2.44. The van der Waals surface area contributed by atoms with Crippen molar-refractivity contribution in [1.29, 1.82) is 0 Å². The zero-order chi connectivity index (χ0) is 26.5. The first-order valence-corrected chi connectivity index (χ1v) is 13.6. The topological polar surface area (TPSA) is 67.9 Å². The monoisotopic (exact) mass is 616 g/mol. The molecule has 1 heterocycles. The Morgan fingerprint density at radius 3 is 2.59 bits per heavy atom. The minimum Gasteiger partial charge on any atom is -0.490 e. The number of hydrazine groups is 1. The quantitative estimate of drug-likeness (QED) is 0.218. The fraction of sp³-hybridized carbons (Fsp3) is 0.148. The van der Waals surface area contributed by atoms with Crippen molar-refractivity contribution >= 4 is 73.7 Å². The Morgan fingerprint density at radius 1 is 1.16 bits per heavy atom. The summed E-state index contributed by atoms with van der Waals surface area (Å²) < 4.78 is 12.9. The molecule has 1 fully saturated rings. The Balaban J connectivity index is 1.53. The van der Waals surface area contributed by atoms with Crippen LogP contribution in [0.1, 0.15) is 34.0 Å². The molecule has 1 aliphatic rings. The molecule has 0 spiro atoms. The van der Waals surface area contributed by atoms with Gasteiger partial charge in [0.2, 0.25) is 0 Å². The van der Waals surface area contributed by atoms with Gasteiger partial charge in [-0.25, -0.2) is 0 Å². The number of hydrogen-bond acceptors (Lipinski definition) is 6. The van der Waals surface area contributed by atoms with Gasteiger partial charge in [-0.05, 0) is 101 Å². The van der Waals surface area contributed by atoms with Crippen molar-refractivity contribution in [2.45, 2.75) is 20.5 Å². The van der Waals surface area contributed by atoms with Gasteiger partial charge >= 0.3 is 0 Å². The van der Waals surface area contributed by atoms with E-state index in [1.165, 1.54) is 0 Å². The zero-order valence-corrected chi connectivity index (χ0v) is 23.9. The third-order valence-electron chi connectivity index (χ3n) is 5.38. The summed E-state index contributed by atoms with van der Waals surface area (Å²) in [5.74, 6) is 0.227. The van der Waals surface area contributed by atoms with E-state index in [0.29, 0.717) is 50.2 Å². The molecule has 0 saturated carbocycles. The Morgan fingerprint density at radius 2 is 1.89 bits per heavy atom. The largest absolute Gasteiger partial charge is 0.490 e. The lowest BCUT2D eigenvalue weighted by atomic mass is 10.1. The van der Waals surface area contributed by atoms with Crippen molar-refractivity contribution in [2.24, 2.45) is 0 Å². The van der Waals surface area contributed by atoms with Crippen molar-refractivity contribution in [3.8, 4) is 11.5 Å². The van der Waals surface area contributed by atoms with Crippen LogP contribution in [-0.2, 0) is 11.4 Å². The van der Waals surface area contributed by atoms with Gasteiger partial charge in [0.1, 0.15) is 6.61 Å². The van der Waals surface area contributed by atoms with Gasteiger partial charge in [0.05, 0.1) is 16.0 Å². The van der Waals surface area contributed by atoms with E-state index in [-0.39, 0.29) is 4.32 Å². The van der Waals surface area contributed by atoms with Crippen LogP contribution in [0.3, 0.4) is 0 Å². The molecular formula is C27H22BrClN2O4S2. The van der Waals surface area contributed by atoms with E-state index >= 15 is 0 Å². The summed E-state index contributed by atoms with van der Waals surface area (Å²) in [6.45, 7) is 4.75. The third kappa shape index (κ3) is 6.54. The molecule has 37 heavy (non-hydrogen) atoms. The molecule has 190 valence electrons. The van der Waals surface area contributed by atoms with Crippen LogP contribution in [0.25, 0.3) is 6.08 Å². The molecule has 0 bridgehead atoms. The summed E-state index contributed by atoms with van der Waals surface area (Å²) in [6.07, 6.45) is 1.70. The standard InChI is InChI=1S/C27H22BrClN2O4S2/c1-3-34-22-13-17(12-21(28)24(22)35-15-19-7-5-4-6-16(19)2)14-23-26(33)31(27(36)37-23)30-25(32)18-8-10-20(29)11-9-18/h4-14H,3,15H2,1-2H3,(H,30,32)/b23-14-. The van der Waals surface area contributed by atoms with Gasteiger partial charge < -0.3 is 9.47 Å². The second-order valence-corrected chi connectivity index (χ2v) is 10.9. The van der Waals surface area contributed by atoms with Crippen molar-refractivity contribution in [3.63, 3.8) is 0 Å². The van der Waals surface area contributed by atoms with E-state index in [4.69, 9.17) is 33.3 Å². The SMILES string of the molecule is CCOc1cc(/C=C2\SC(=S)N(NC(=O)c3ccc(Cl)cc3)C2=O)cc(Br)c1OCc1ccccc1C. The number of amides is 2. The number of rotatable bonds is 8. The highest BCUT2D eigenvalue weighted by atomic mass is 79.9. The number of carbonyl (C=O) groups excluding carboxylic acids is 2. The van der Waals surface area contributed by atoms with Crippen LogP contribution in [0.4, 0.5) is 0 Å². The van der Waals surface area contributed by atoms with E-state index in [1.807, 2.05) is 44.2 Å². The highest BCUT2D eigenvalue weighted by molar-refractivity contribution is 9.10. The second-order valence-electron chi connectivity index (χ2n) is 7.94. The number of hydrogen-bond donors (Lipinski definition) is 1. The van der Waals surface area contributed by atoms with E-state index < -0.39 is 11.8 Å². The number of nitrogens with one attached hydrogen (secondary N) is 1. The van der Waals surface area contributed by atoms with Crippen LogP contribution in [-0.4, -0.2) is 27.8 Å². The Labute approximate surface area is 238 Å². The van der Waals surface area contributed by atoms with Crippen LogP contribution in [0.5, 0.6) is 11.5 Å². The molecule has 3 aromatic carbocycles. The number of thioether (sulfide) groups is 1. The molecule has 6 nitrogen and oxygen atoms in total. The van der Waals surface area contributed by atoms with Crippen molar-refractivity contribution in [3.05, 3.63) is 97.3 Å². The number of thiocarbonyl (C=S) groups is 1. The number of halogens is 2. The minimum atomic E-state index is -0.467. The van der Waals surface area contributed by atoms with Crippen LogP contribution in [0, 0.1) is 6.92 Å². The number of ether oxygens (including phenoxy) is 2. The van der Waals surface area contributed by atoms with Gasteiger partial charge in [0, 0.05) is 10.6 Å². The van der Waals surface area contributed by atoms with Crippen LogP contribution in [0.2, 0.25) is 5.02 Å². The predicted octanol–water partition coefficient (Wildman–Crippen LogP) is 6.93. The van der Waals surface area contributed by atoms with E-state index in [0.717, 1.165) is 27.9 Å². The first-order valence-electron chi connectivity index (χ1n) is 11.2. The lowest BCUT2D eigenvalue weighted by molar-refractivity contribution is -0.123. The molecule has 0 radical (unpaired) electrons. The molecule has 0 aromatic heterocycles. The molecule has 1 N–H and O–H groups in total. The normalized spacial score (nSPS) is 14.3. The molecule has 1 saturated heterocycles. The van der Waals surface area contributed by atoms with Crippen LogP contribution in [0.15, 0.2) is 70.0 Å². The first kappa shape index (κ1) is 27.2. The van der Waals surface area contributed by atoms with Crippen molar-refractivity contribution in [1.82, 2.24) is 10.4 Å². The Kier molecular flexibility index (Phi) is 8.91. The average molecular weight is 618 g/mol.